The van der Waals surface area contributed by atoms with Gasteiger partial charge in [-0.2, -0.15) is 0 Å². The second-order valence-electron chi connectivity index (χ2n) is 4.39. The number of carboxylic acid groups (broad SMARTS) is 1. The SMILES string of the molecule is O=C(O)c1cccc(N2C(=O)/C(=C/c3cccs3)SC2=S)c1. The molecule has 0 radical (unpaired) electrons. The molecular weight excluding hydrogens is 338 g/mol. The molecule has 0 aliphatic carbocycles. The van der Waals surface area contributed by atoms with E-state index in [1.54, 1.807) is 18.2 Å². The van der Waals surface area contributed by atoms with Gasteiger partial charge in [-0.05, 0) is 35.7 Å². The quantitative estimate of drug-likeness (QED) is 0.675. The molecule has 22 heavy (non-hydrogen) atoms. The predicted molar refractivity (Wildman–Crippen MR) is 93.4 cm³/mol. The van der Waals surface area contributed by atoms with Gasteiger partial charge in [0.2, 0.25) is 0 Å². The smallest absolute Gasteiger partial charge is 0.335 e. The number of nitrogens with zero attached hydrogens (tertiary/aromatic N) is 1. The predicted octanol–water partition coefficient (Wildman–Crippen LogP) is 3.85. The van der Waals surface area contributed by atoms with E-state index in [2.05, 4.69) is 0 Å². The highest BCUT2D eigenvalue weighted by Gasteiger charge is 2.33. The van der Waals surface area contributed by atoms with Gasteiger partial charge in [-0.1, -0.05) is 36.1 Å². The highest BCUT2D eigenvalue weighted by Crippen LogP contribution is 2.36. The van der Waals surface area contributed by atoms with Crippen molar-refractivity contribution in [2.24, 2.45) is 0 Å². The Morgan fingerprint density at radius 3 is 2.77 bits per heavy atom. The number of thioether (sulfide) groups is 1. The molecule has 0 atom stereocenters. The van der Waals surface area contributed by atoms with Gasteiger partial charge >= 0.3 is 5.97 Å². The van der Waals surface area contributed by atoms with Crippen LogP contribution in [-0.4, -0.2) is 21.3 Å². The number of thiocarbonyl (C=S) groups is 1. The maximum absolute atomic E-state index is 12.5. The Bertz CT molecular complexity index is 796. The van der Waals surface area contributed by atoms with Gasteiger partial charge in [0.15, 0.2) is 4.32 Å². The lowest BCUT2D eigenvalue weighted by molar-refractivity contribution is -0.113. The number of hydrogen-bond donors (Lipinski definition) is 1. The van der Waals surface area contributed by atoms with Gasteiger partial charge in [-0.3, -0.25) is 9.69 Å². The second kappa shape index (κ2) is 6.04. The summed E-state index contributed by atoms with van der Waals surface area (Å²) in [7, 11) is 0. The Morgan fingerprint density at radius 1 is 1.27 bits per heavy atom. The number of aromatic carboxylic acids is 1. The first-order valence-electron chi connectivity index (χ1n) is 6.21. The number of hydrogen-bond acceptors (Lipinski definition) is 5. The van der Waals surface area contributed by atoms with E-state index >= 15 is 0 Å². The van der Waals surface area contributed by atoms with Crippen molar-refractivity contribution in [1.29, 1.82) is 0 Å². The summed E-state index contributed by atoms with van der Waals surface area (Å²) < 4.78 is 0.398. The standard InChI is InChI=1S/C15H9NO3S3/c17-13-12(8-11-5-2-6-21-11)22-15(20)16(13)10-4-1-3-9(7-10)14(18)19/h1-8H,(H,18,19)/b12-8-. The Hall–Kier alpha value is -1.96. The number of carbonyl (C=O) groups is 2. The van der Waals surface area contributed by atoms with Crippen molar-refractivity contribution in [2.45, 2.75) is 0 Å². The molecule has 110 valence electrons. The molecule has 0 spiro atoms. The van der Waals surface area contributed by atoms with Gasteiger partial charge in [-0.15, -0.1) is 11.3 Å². The normalized spacial score (nSPS) is 16.5. The molecule has 1 fully saturated rings. The maximum atomic E-state index is 12.5. The lowest BCUT2D eigenvalue weighted by Crippen LogP contribution is -2.27. The van der Waals surface area contributed by atoms with Crippen LogP contribution in [0.25, 0.3) is 6.08 Å². The summed E-state index contributed by atoms with van der Waals surface area (Å²) in [5.41, 5.74) is 0.589. The van der Waals surface area contributed by atoms with Crippen molar-refractivity contribution in [3.63, 3.8) is 0 Å². The average molecular weight is 347 g/mol. The van der Waals surface area contributed by atoms with Crippen LogP contribution >= 0.6 is 35.3 Å². The largest absolute Gasteiger partial charge is 0.478 e. The Morgan fingerprint density at radius 2 is 2.09 bits per heavy atom. The van der Waals surface area contributed by atoms with Crippen LogP contribution in [0, 0.1) is 0 Å². The number of amides is 1. The van der Waals surface area contributed by atoms with Crippen molar-refractivity contribution in [1.82, 2.24) is 0 Å². The van der Waals surface area contributed by atoms with Gasteiger partial charge in [0.05, 0.1) is 16.2 Å². The van der Waals surface area contributed by atoms with Crippen LogP contribution in [0.2, 0.25) is 0 Å². The molecule has 1 amide bonds. The second-order valence-corrected chi connectivity index (χ2v) is 7.04. The summed E-state index contributed by atoms with van der Waals surface area (Å²) in [6.45, 7) is 0. The first kappa shape index (κ1) is 15.0. The molecule has 0 saturated carbocycles. The zero-order chi connectivity index (χ0) is 15.7. The van der Waals surface area contributed by atoms with Crippen molar-refractivity contribution >= 4 is 63.3 Å². The summed E-state index contributed by atoms with van der Waals surface area (Å²) in [4.78, 5) is 26.5. The van der Waals surface area contributed by atoms with Crippen LogP contribution in [0.15, 0.2) is 46.7 Å². The van der Waals surface area contributed by atoms with Crippen molar-refractivity contribution in [3.8, 4) is 0 Å². The van der Waals surface area contributed by atoms with E-state index in [4.69, 9.17) is 17.3 Å². The van der Waals surface area contributed by atoms with Gasteiger partial charge in [0.1, 0.15) is 0 Å². The van der Waals surface area contributed by atoms with Gasteiger partial charge in [0, 0.05) is 4.88 Å². The highest BCUT2D eigenvalue weighted by molar-refractivity contribution is 8.27. The molecule has 2 heterocycles. The molecule has 4 nitrogen and oxygen atoms in total. The molecule has 1 aromatic heterocycles. The van der Waals surface area contributed by atoms with E-state index in [9.17, 15) is 9.59 Å². The number of carboxylic acids is 1. The van der Waals surface area contributed by atoms with E-state index in [1.165, 1.54) is 40.1 Å². The van der Waals surface area contributed by atoms with Crippen LogP contribution in [0.3, 0.4) is 0 Å². The fourth-order valence-corrected chi connectivity index (χ4v) is 3.99. The summed E-state index contributed by atoms with van der Waals surface area (Å²) in [5, 5.41) is 11.0. The molecule has 1 aliphatic rings. The Labute approximate surface area is 140 Å². The number of thiophene rings is 1. The van der Waals surface area contributed by atoms with Crippen LogP contribution in [0.1, 0.15) is 15.2 Å². The molecule has 3 rings (SSSR count). The summed E-state index contributed by atoms with van der Waals surface area (Å²) in [6, 6.07) is 10.0. The van der Waals surface area contributed by atoms with Crippen LogP contribution in [0.4, 0.5) is 5.69 Å². The van der Waals surface area contributed by atoms with Gasteiger partial charge in [0.25, 0.3) is 5.91 Å². The van der Waals surface area contributed by atoms with Crippen molar-refractivity contribution in [2.75, 3.05) is 4.90 Å². The first-order chi connectivity index (χ1) is 10.6. The third kappa shape index (κ3) is 2.83. The minimum Gasteiger partial charge on any atom is -0.478 e. The third-order valence-corrected chi connectivity index (χ3v) is 5.08. The van der Waals surface area contributed by atoms with Gasteiger partial charge < -0.3 is 5.11 Å². The van der Waals surface area contributed by atoms with E-state index in [-0.39, 0.29) is 11.5 Å². The lowest BCUT2D eigenvalue weighted by atomic mass is 10.2. The number of rotatable bonds is 3. The molecule has 1 aromatic carbocycles. The fourth-order valence-electron chi connectivity index (χ4n) is 1.97. The van der Waals surface area contributed by atoms with Crippen LogP contribution < -0.4 is 4.90 Å². The minimum absolute atomic E-state index is 0.119. The lowest BCUT2D eigenvalue weighted by Gasteiger charge is -2.14. The highest BCUT2D eigenvalue weighted by atomic mass is 32.2. The molecule has 2 aromatic rings. The molecule has 0 bridgehead atoms. The molecular formula is C15H9NO3S3. The number of anilines is 1. The Kier molecular flexibility index (Phi) is 4.10. The van der Waals surface area contributed by atoms with Crippen LogP contribution in [0.5, 0.6) is 0 Å². The molecule has 1 saturated heterocycles. The van der Waals surface area contributed by atoms with E-state index < -0.39 is 5.97 Å². The molecule has 0 unspecified atom stereocenters. The van der Waals surface area contributed by atoms with Crippen molar-refractivity contribution in [3.05, 3.63) is 57.1 Å². The van der Waals surface area contributed by atoms with E-state index in [0.717, 1.165) is 4.88 Å². The number of carbonyl (C=O) groups excluding carboxylic acids is 1. The Balaban J connectivity index is 1.95. The van der Waals surface area contributed by atoms with Gasteiger partial charge in [-0.25, -0.2) is 4.79 Å². The molecule has 1 aliphatic heterocycles. The third-order valence-electron chi connectivity index (χ3n) is 2.96. The zero-order valence-electron chi connectivity index (χ0n) is 11.1. The fraction of sp³-hybridized carbons (Fsp3) is 0. The maximum Gasteiger partial charge on any atom is 0.335 e. The average Bonchev–Trinajstić information content (AvgIpc) is 3.08. The summed E-state index contributed by atoms with van der Waals surface area (Å²) in [6.07, 6.45) is 1.80. The zero-order valence-corrected chi connectivity index (χ0v) is 13.5. The summed E-state index contributed by atoms with van der Waals surface area (Å²) in [5.74, 6) is -1.27. The van der Waals surface area contributed by atoms with E-state index in [0.29, 0.717) is 14.9 Å². The molecule has 1 N–H and O–H groups in total. The van der Waals surface area contributed by atoms with Crippen molar-refractivity contribution < 1.29 is 14.7 Å². The topological polar surface area (TPSA) is 57.6 Å². The monoisotopic (exact) mass is 347 g/mol. The number of benzene rings is 1. The minimum atomic E-state index is -1.04. The summed E-state index contributed by atoms with van der Waals surface area (Å²) >= 11 is 8.02. The van der Waals surface area contributed by atoms with Crippen LogP contribution in [-0.2, 0) is 4.79 Å². The van der Waals surface area contributed by atoms with E-state index in [1.807, 2.05) is 17.5 Å². The molecule has 7 heteroatoms. The first-order valence-corrected chi connectivity index (χ1v) is 8.31.